The SMILES string of the molecule is Cc1ccc2[nH]c(=O)c(C(c3nnnn3C3CCCC3)N3CCN(Cc4ccc5c(c4)OCO5)CC3)cc2c1. The van der Waals surface area contributed by atoms with Crippen LogP contribution in [0.2, 0.25) is 0 Å². The number of nitrogens with one attached hydrogen (secondary N) is 1. The predicted molar refractivity (Wildman–Crippen MR) is 146 cm³/mol. The summed E-state index contributed by atoms with van der Waals surface area (Å²) in [5, 5.41) is 14.1. The fraction of sp³-hybridized carbons (Fsp3) is 0.448. The van der Waals surface area contributed by atoms with Gasteiger partial charge in [0.15, 0.2) is 17.3 Å². The summed E-state index contributed by atoms with van der Waals surface area (Å²) in [6.45, 7) is 6.55. The molecule has 0 bridgehead atoms. The van der Waals surface area contributed by atoms with Gasteiger partial charge in [-0.05, 0) is 71.5 Å². The van der Waals surface area contributed by atoms with Crippen molar-refractivity contribution in [1.82, 2.24) is 35.0 Å². The van der Waals surface area contributed by atoms with Gasteiger partial charge < -0.3 is 14.5 Å². The van der Waals surface area contributed by atoms with Crippen molar-refractivity contribution in [2.75, 3.05) is 33.0 Å². The third kappa shape index (κ3) is 4.68. The van der Waals surface area contributed by atoms with Crippen molar-refractivity contribution in [3.05, 3.63) is 75.3 Å². The first-order valence-electron chi connectivity index (χ1n) is 13.9. The van der Waals surface area contributed by atoms with E-state index in [1.165, 1.54) is 18.4 Å². The Morgan fingerprint density at radius 2 is 1.82 bits per heavy atom. The average Bonchev–Trinajstić information content (AvgIpc) is 3.72. The number of hydrogen-bond donors (Lipinski definition) is 1. The topological polar surface area (TPSA) is 101 Å². The molecule has 1 N–H and O–H groups in total. The summed E-state index contributed by atoms with van der Waals surface area (Å²) >= 11 is 0. The van der Waals surface area contributed by atoms with Gasteiger partial charge in [0.05, 0.1) is 6.04 Å². The van der Waals surface area contributed by atoms with E-state index < -0.39 is 0 Å². The maximum absolute atomic E-state index is 13.5. The normalized spacial score (nSPS) is 19.2. The molecule has 0 amide bonds. The van der Waals surface area contributed by atoms with Gasteiger partial charge in [0.25, 0.3) is 5.56 Å². The molecule has 1 unspecified atom stereocenters. The van der Waals surface area contributed by atoms with Crippen molar-refractivity contribution in [2.24, 2.45) is 0 Å². The van der Waals surface area contributed by atoms with Gasteiger partial charge in [-0.25, -0.2) is 4.68 Å². The molecule has 202 valence electrons. The lowest BCUT2D eigenvalue weighted by Gasteiger charge is -2.39. The van der Waals surface area contributed by atoms with Crippen LogP contribution < -0.4 is 15.0 Å². The number of tetrazole rings is 1. The van der Waals surface area contributed by atoms with Gasteiger partial charge in [0.1, 0.15) is 6.04 Å². The first-order chi connectivity index (χ1) is 19.1. The number of ether oxygens (including phenoxy) is 2. The smallest absolute Gasteiger partial charge is 0.253 e. The lowest BCUT2D eigenvalue weighted by Crippen LogP contribution is -2.48. The Morgan fingerprint density at radius 1 is 1.00 bits per heavy atom. The number of nitrogens with zero attached hydrogens (tertiary/aromatic N) is 6. The Labute approximate surface area is 226 Å². The van der Waals surface area contributed by atoms with Gasteiger partial charge in [0.2, 0.25) is 6.79 Å². The number of H-pyrrole nitrogens is 1. The number of aromatic amines is 1. The minimum absolute atomic E-state index is 0.0832. The zero-order chi connectivity index (χ0) is 26.3. The van der Waals surface area contributed by atoms with Crippen molar-refractivity contribution in [1.29, 1.82) is 0 Å². The number of benzene rings is 2. The van der Waals surface area contributed by atoms with Crippen LogP contribution in [0.3, 0.4) is 0 Å². The highest BCUT2D eigenvalue weighted by atomic mass is 16.7. The molecule has 2 aromatic carbocycles. The highest BCUT2D eigenvalue weighted by Crippen LogP contribution is 2.35. The number of aromatic nitrogens is 5. The van der Waals surface area contributed by atoms with Crippen LogP contribution in [0.4, 0.5) is 0 Å². The fourth-order valence-corrected chi connectivity index (χ4v) is 6.31. The molecule has 0 spiro atoms. The zero-order valence-corrected chi connectivity index (χ0v) is 22.2. The standard InChI is InChI=1S/C29H33N7O3/c1-19-6-8-24-21(14-19)16-23(29(37)30-24)27(28-31-32-33-36(28)22-4-2-3-5-22)35-12-10-34(11-13-35)17-20-7-9-25-26(15-20)39-18-38-25/h6-9,14-16,22,27H,2-5,10-13,17-18H2,1H3,(H,30,37). The summed E-state index contributed by atoms with van der Waals surface area (Å²) in [4.78, 5) is 21.5. The highest BCUT2D eigenvalue weighted by molar-refractivity contribution is 5.79. The van der Waals surface area contributed by atoms with Gasteiger partial charge in [-0.3, -0.25) is 14.6 Å². The van der Waals surface area contributed by atoms with E-state index in [9.17, 15) is 4.79 Å². The summed E-state index contributed by atoms with van der Waals surface area (Å²) in [6, 6.07) is 14.3. The molecule has 2 aromatic heterocycles. The van der Waals surface area contributed by atoms with Crippen LogP contribution in [0, 0.1) is 6.92 Å². The Bertz CT molecular complexity index is 1550. The minimum atomic E-state index is -0.318. The molecule has 1 saturated heterocycles. The first kappa shape index (κ1) is 24.3. The molecule has 1 atom stereocenters. The molecule has 4 aromatic rings. The summed E-state index contributed by atoms with van der Waals surface area (Å²) in [5.74, 6) is 2.39. The maximum Gasteiger partial charge on any atom is 0.253 e. The van der Waals surface area contributed by atoms with E-state index in [1.807, 2.05) is 28.9 Å². The molecule has 10 heteroatoms. The van der Waals surface area contributed by atoms with Gasteiger partial charge >= 0.3 is 0 Å². The average molecular weight is 528 g/mol. The van der Waals surface area contributed by atoms with Crippen LogP contribution in [0.25, 0.3) is 10.9 Å². The van der Waals surface area contributed by atoms with E-state index in [2.05, 4.69) is 55.4 Å². The number of rotatable bonds is 6. The summed E-state index contributed by atoms with van der Waals surface area (Å²) in [7, 11) is 0. The maximum atomic E-state index is 13.5. The molecule has 4 heterocycles. The molecule has 1 aliphatic carbocycles. The second-order valence-electron chi connectivity index (χ2n) is 11.0. The van der Waals surface area contributed by atoms with Crippen LogP contribution >= 0.6 is 0 Å². The fourth-order valence-electron chi connectivity index (χ4n) is 6.31. The second kappa shape index (κ2) is 10.1. The van der Waals surface area contributed by atoms with Crippen molar-refractivity contribution in [3.8, 4) is 11.5 Å². The number of aryl methyl sites for hydroxylation is 1. The molecule has 1 saturated carbocycles. The monoisotopic (exact) mass is 527 g/mol. The molecule has 39 heavy (non-hydrogen) atoms. The van der Waals surface area contributed by atoms with Gasteiger partial charge in [-0.1, -0.05) is 30.5 Å². The van der Waals surface area contributed by atoms with E-state index in [0.717, 1.165) is 79.4 Å². The third-order valence-electron chi connectivity index (χ3n) is 8.37. The lowest BCUT2D eigenvalue weighted by molar-refractivity contribution is 0.0988. The Balaban J connectivity index is 1.19. The van der Waals surface area contributed by atoms with Gasteiger partial charge in [-0.2, -0.15) is 0 Å². The summed E-state index contributed by atoms with van der Waals surface area (Å²) < 4.78 is 13.0. The molecule has 10 nitrogen and oxygen atoms in total. The molecule has 3 aliphatic rings. The van der Waals surface area contributed by atoms with Crippen LogP contribution in [0.15, 0.2) is 47.3 Å². The zero-order valence-electron chi connectivity index (χ0n) is 22.2. The quantitative estimate of drug-likeness (QED) is 0.406. The van der Waals surface area contributed by atoms with Gasteiger partial charge in [-0.15, -0.1) is 5.10 Å². The van der Waals surface area contributed by atoms with Crippen molar-refractivity contribution in [2.45, 2.75) is 51.2 Å². The van der Waals surface area contributed by atoms with Crippen LogP contribution in [-0.2, 0) is 6.54 Å². The van der Waals surface area contributed by atoms with E-state index in [-0.39, 0.29) is 24.4 Å². The van der Waals surface area contributed by atoms with Crippen molar-refractivity contribution >= 4 is 10.9 Å². The van der Waals surface area contributed by atoms with Crippen LogP contribution in [0.5, 0.6) is 11.5 Å². The highest BCUT2D eigenvalue weighted by Gasteiger charge is 2.34. The van der Waals surface area contributed by atoms with Gasteiger partial charge in [0, 0.05) is 43.8 Å². The van der Waals surface area contributed by atoms with Crippen LogP contribution in [0.1, 0.15) is 60.3 Å². The summed E-state index contributed by atoms with van der Waals surface area (Å²) in [5.41, 5.74) is 3.82. The minimum Gasteiger partial charge on any atom is -0.454 e. The van der Waals surface area contributed by atoms with E-state index in [4.69, 9.17) is 9.47 Å². The number of fused-ring (bicyclic) bond motifs is 2. The summed E-state index contributed by atoms with van der Waals surface area (Å²) in [6.07, 6.45) is 4.51. The van der Waals surface area contributed by atoms with E-state index in [1.54, 1.807) is 0 Å². The van der Waals surface area contributed by atoms with Crippen LogP contribution in [-0.4, -0.2) is 68.0 Å². The predicted octanol–water partition coefficient (Wildman–Crippen LogP) is 3.57. The van der Waals surface area contributed by atoms with E-state index >= 15 is 0 Å². The second-order valence-corrected chi connectivity index (χ2v) is 11.0. The van der Waals surface area contributed by atoms with E-state index in [0.29, 0.717) is 5.56 Å². The number of piperazine rings is 1. The number of hydrogen-bond acceptors (Lipinski definition) is 8. The molecular formula is C29H33N7O3. The largest absolute Gasteiger partial charge is 0.454 e. The molecule has 7 rings (SSSR count). The molecule has 2 aliphatic heterocycles. The molecule has 0 radical (unpaired) electrons. The number of pyridine rings is 1. The Hall–Kier alpha value is -3.76. The van der Waals surface area contributed by atoms with Crippen molar-refractivity contribution < 1.29 is 9.47 Å². The van der Waals surface area contributed by atoms with Crippen molar-refractivity contribution in [3.63, 3.8) is 0 Å². The Morgan fingerprint density at radius 3 is 2.67 bits per heavy atom. The first-order valence-corrected chi connectivity index (χ1v) is 13.9. The lowest BCUT2D eigenvalue weighted by atomic mass is 10.0. The Kier molecular flexibility index (Phi) is 6.28. The molecular weight excluding hydrogens is 494 g/mol. The molecule has 2 fully saturated rings. The third-order valence-corrected chi connectivity index (χ3v) is 8.37.